The van der Waals surface area contributed by atoms with Crippen molar-refractivity contribution >= 4 is 0 Å². The van der Waals surface area contributed by atoms with Crippen molar-refractivity contribution in [2.24, 2.45) is 0 Å². The standard InChI is InChI=1S/C10H16O2/c1-3-5-6-7-10(4-2)11-8-9-12-10/h2H,3,5-9H2,1H3. The summed E-state index contributed by atoms with van der Waals surface area (Å²) in [4.78, 5) is 0. The van der Waals surface area contributed by atoms with E-state index in [9.17, 15) is 0 Å². The lowest BCUT2D eigenvalue weighted by Crippen LogP contribution is -2.27. The Bertz CT molecular complexity index is 163. The molecule has 1 saturated heterocycles. The smallest absolute Gasteiger partial charge is 0.233 e. The zero-order chi connectivity index (χ0) is 8.86. The van der Waals surface area contributed by atoms with Crippen molar-refractivity contribution in [2.45, 2.75) is 38.4 Å². The Morgan fingerprint density at radius 1 is 1.33 bits per heavy atom. The quantitative estimate of drug-likeness (QED) is 0.472. The SMILES string of the molecule is C#CC1(CCCCC)OCCO1. The van der Waals surface area contributed by atoms with Crippen LogP contribution in [0.25, 0.3) is 0 Å². The molecule has 1 aliphatic rings. The summed E-state index contributed by atoms with van der Waals surface area (Å²) in [7, 11) is 0. The molecule has 1 fully saturated rings. The molecule has 0 bridgehead atoms. The maximum atomic E-state index is 5.38. The average Bonchev–Trinajstić information content (AvgIpc) is 2.55. The fourth-order valence-corrected chi connectivity index (χ4v) is 1.36. The van der Waals surface area contributed by atoms with Crippen molar-refractivity contribution < 1.29 is 9.47 Å². The van der Waals surface area contributed by atoms with Gasteiger partial charge < -0.3 is 9.47 Å². The normalized spacial score (nSPS) is 20.7. The van der Waals surface area contributed by atoms with E-state index in [0.717, 1.165) is 12.8 Å². The zero-order valence-electron chi connectivity index (χ0n) is 7.64. The minimum absolute atomic E-state index is 0.635. The zero-order valence-corrected chi connectivity index (χ0v) is 7.64. The summed E-state index contributed by atoms with van der Waals surface area (Å²) in [6.07, 6.45) is 9.65. The van der Waals surface area contributed by atoms with E-state index < -0.39 is 5.79 Å². The predicted molar refractivity (Wildman–Crippen MR) is 47.6 cm³/mol. The van der Waals surface area contributed by atoms with Gasteiger partial charge >= 0.3 is 0 Å². The number of ether oxygens (including phenoxy) is 2. The predicted octanol–water partition coefficient (Wildman–Crippen LogP) is 1.94. The Morgan fingerprint density at radius 2 is 2.00 bits per heavy atom. The van der Waals surface area contributed by atoms with Crippen LogP contribution in [0.15, 0.2) is 0 Å². The molecular weight excluding hydrogens is 152 g/mol. The van der Waals surface area contributed by atoms with Gasteiger partial charge in [0.15, 0.2) is 0 Å². The molecule has 0 spiro atoms. The van der Waals surface area contributed by atoms with Crippen LogP contribution in [0.2, 0.25) is 0 Å². The van der Waals surface area contributed by atoms with Gasteiger partial charge in [0.25, 0.3) is 0 Å². The van der Waals surface area contributed by atoms with Crippen LogP contribution in [0.5, 0.6) is 0 Å². The van der Waals surface area contributed by atoms with E-state index in [1.807, 2.05) is 0 Å². The first-order chi connectivity index (χ1) is 5.83. The Kier molecular flexibility index (Phi) is 3.58. The molecule has 0 aliphatic carbocycles. The molecular formula is C10H16O2. The summed E-state index contributed by atoms with van der Waals surface area (Å²) in [6, 6.07) is 0. The third-order valence-corrected chi connectivity index (χ3v) is 2.08. The van der Waals surface area contributed by atoms with E-state index in [2.05, 4.69) is 12.8 Å². The number of unbranched alkanes of at least 4 members (excludes halogenated alkanes) is 2. The van der Waals surface area contributed by atoms with Crippen LogP contribution in [-0.2, 0) is 9.47 Å². The molecule has 0 aromatic carbocycles. The first kappa shape index (κ1) is 9.57. The number of hydrogen-bond acceptors (Lipinski definition) is 2. The highest BCUT2D eigenvalue weighted by Gasteiger charge is 2.33. The van der Waals surface area contributed by atoms with Gasteiger partial charge in [-0.05, 0) is 12.3 Å². The van der Waals surface area contributed by atoms with Gasteiger partial charge in [-0.2, -0.15) is 0 Å². The van der Waals surface area contributed by atoms with Gasteiger partial charge in [0.1, 0.15) is 0 Å². The average molecular weight is 168 g/mol. The molecule has 0 saturated carbocycles. The van der Waals surface area contributed by atoms with Crippen LogP contribution in [0.4, 0.5) is 0 Å². The van der Waals surface area contributed by atoms with Crippen LogP contribution in [0.3, 0.4) is 0 Å². The second kappa shape index (κ2) is 4.49. The minimum Gasteiger partial charge on any atom is -0.337 e. The fraction of sp³-hybridized carbons (Fsp3) is 0.800. The van der Waals surface area contributed by atoms with Crippen molar-refractivity contribution in [3.8, 4) is 12.3 Å². The van der Waals surface area contributed by atoms with Crippen LogP contribution in [0.1, 0.15) is 32.6 Å². The molecule has 2 heteroatoms. The number of rotatable bonds is 4. The van der Waals surface area contributed by atoms with Crippen LogP contribution in [0, 0.1) is 12.3 Å². The third-order valence-electron chi connectivity index (χ3n) is 2.08. The second-order valence-corrected chi connectivity index (χ2v) is 3.05. The van der Waals surface area contributed by atoms with Gasteiger partial charge in [0, 0.05) is 6.42 Å². The maximum absolute atomic E-state index is 5.38. The van der Waals surface area contributed by atoms with E-state index in [1.54, 1.807) is 0 Å². The van der Waals surface area contributed by atoms with Crippen LogP contribution in [-0.4, -0.2) is 19.0 Å². The van der Waals surface area contributed by atoms with E-state index >= 15 is 0 Å². The fourth-order valence-electron chi connectivity index (χ4n) is 1.36. The van der Waals surface area contributed by atoms with E-state index in [4.69, 9.17) is 15.9 Å². The van der Waals surface area contributed by atoms with Crippen LogP contribution >= 0.6 is 0 Å². The monoisotopic (exact) mass is 168 g/mol. The Hall–Kier alpha value is -0.520. The number of hydrogen-bond donors (Lipinski definition) is 0. The maximum Gasteiger partial charge on any atom is 0.233 e. The van der Waals surface area contributed by atoms with Crippen molar-refractivity contribution in [1.82, 2.24) is 0 Å². The molecule has 0 atom stereocenters. The molecule has 0 aromatic heterocycles. The molecule has 2 nitrogen and oxygen atoms in total. The first-order valence-corrected chi connectivity index (χ1v) is 4.58. The molecule has 0 unspecified atom stereocenters. The molecule has 0 amide bonds. The molecule has 1 rings (SSSR count). The van der Waals surface area contributed by atoms with E-state index in [-0.39, 0.29) is 0 Å². The second-order valence-electron chi connectivity index (χ2n) is 3.05. The lowest BCUT2D eigenvalue weighted by atomic mass is 10.1. The highest BCUT2D eigenvalue weighted by Crippen LogP contribution is 2.24. The molecule has 12 heavy (non-hydrogen) atoms. The lowest BCUT2D eigenvalue weighted by Gasteiger charge is -2.20. The van der Waals surface area contributed by atoms with Gasteiger partial charge in [0.2, 0.25) is 5.79 Å². The van der Waals surface area contributed by atoms with Crippen molar-refractivity contribution in [3.63, 3.8) is 0 Å². The summed E-state index contributed by atoms with van der Waals surface area (Å²) in [6.45, 7) is 3.44. The van der Waals surface area contributed by atoms with Crippen molar-refractivity contribution in [3.05, 3.63) is 0 Å². The number of terminal acetylenes is 1. The summed E-state index contributed by atoms with van der Waals surface area (Å²) in [5.74, 6) is 1.91. The summed E-state index contributed by atoms with van der Waals surface area (Å²) < 4.78 is 10.8. The topological polar surface area (TPSA) is 18.5 Å². The largest absolute Gasteiger partial charge is 0.337 e. The highest BCUT2D eigenvalue weighted by molar-refractivity contribution is 5.03. The Balaban J connectivity index is 2.30. The van der Waals surface area contributed by atoms with Gasteiger partial charge in [-0.25, -0.2) is 0 Å². The Morgan fingerprint density at radius 3 is 2.50 bits per heavy atom. The summed E-state index contributed by atoms with van der Waals surface area (Å²) >= 11 is 0. The lowest BCUT2D eigenvalue weighted by molar-refractivity contribution is -0.113. The van der Waals surface area contributed by atoms with Crippen LogP contribution < -0.4 is 0 Å². The van der Waals surface area contributed by atoms with Crippen molar-refractivity contribution in [1.29, 1.82) is 0 Å². The highest BCUT2D eigenvalue weighted by atomic mass is 16.7. The van der Waals surface area contributed by atoms with Gasteiger partial charge in [0.05, 0.1) is 13.2 Å². The molecule has 1 heterocycles. The summed E-state index contributed by atoms with van der Waals surface area (Å²) in [5, 5.41) is 0. The van der Waals surface area contributed by atoms with E-state index in [1.165, 1.54) is 12.8 Å². The molecule has 1 aliphatic heterocycles. The molecule has 0 radical (unpaired) electrons. The molecule has 0 N–H and O–H groups in total. The minimum atomic E-state index is -0.685. The third kappa shape index (κ3) is 2.23. The van der Waals surface area contributed by atoms with E-state index in [0.29, 0.717) is 13.2 Å². The van der Waals surface area contributed by atoms with Gasteiger partial charge in [-0.3, -0.25) is 0 Å². The summed E-state index contributed by atoms with van der Waals surface area (Å²) in [5.41, 5.74) is 0. The van der Waals surface area contributed by atoms with Gasteiger partial charge in [-0.15, -0.1) is 6.42 Å². The van der Waals surface area contributed by atoms with Gasteiger partial charge in [-0.1, -0.05) is 19.8 Å². The Labute approximate surface area is 74.2 Å². The molecule has 0 aromatic rings. The molecule has 68 valence electrons. The van der Waals surface area contributed by atoms with Crippen molar-refractivity contribution in [2.75, 3.05) is 13.2 Å². The first-order valence-electron chi connectivity index (χ1n) is 4.58.